The molecule has 4 rings (SSSR count). The lowest BCUT2D eigenvalue weighted by molar-refractivity contribution is -0.121. The molecule has 0 N–H and O–H groups in total. The fourth-order valence-corrected chi connectivity index (χ4v) is 3.39. The largest absolute Gasteiger partial charge is 0.378 e. The van der Waals surface area contributed by atoms with Crippen molar-refractivity contribution in [3.05, 3.63) is 71.4 Å². The molecule has 0 aliphatic carbocycles. The second kappa shape index (κ2) is 6.77. The highest BCUT2D eigenvalue weighted by molar-refractivity contribution is 6.45. The molecule has 132 valence electrons. The highest BCUT2D eigenvalue weighted by Gasteiger charge is 2.42. The molecule has 0 spiro atoms. The molecule has 0 atom stereocenters. The minimum absolute atomic E-state index is 0.265. The lowest BCUT2D eigenvalue weighted by Gasteiger charge is -2.29. The van der Waals surface area contributed by atoms with Crippen LogP contribution in [0.2, 0.25) is 0 Å². The van der Waals surface area contributed by atoms with Crippen molar-refractivity contribution in [1.82, 2.24) is 4.90 Å². The summed E-state index contributed by atoms with van der Waals surface area (Å²) < 4.78 is 5.42. The highest BCUT2D eigenvalue weighted by atomic mass is 16.5. The lowest BCUT2D eigenvalue weighted by atomic mass is 10.0. The van der Waals surface area contributed by atoms with Crippen LogP contribution in [0.4, 0.5) is 5.69 Å². The Kier molecular flexibility index (Phi) is 4.31. The summed E-state index contributed by atoms with van der Waals surface area (Å²) in [5.41, 5.74) is 3.43. The molecular weight excluding hydrogens is 328 g/mol. The molecule has 2 aromatic carbocycles. The van der Waals surface area contributed by atoms with Gasteiger partial charge in [0.05, 0.1) is 24.5 Å². The maximum atomic E-state index is 13.2. The molecule has 26 heavy (non-hydrogen) atoms. The zero-order valence-electron chi connectivity index (χ0n) is 14.6. The third-order valence-electron chi connectivity index (χ3n) is 4.74. The number of anilines is 1. The van der Waals surface area contributed by atoms with E-state index in [1.165, 1.54) is 4.90 Å². The molecule has 5 heteroatoms. The van der Waals surface area contributed by atoms with E-state index in [-0.39, 0.29) is 11.8 Å². The van der Waals surface area contributed by atoms with Gasteiger partial charge in [0.15, 0.2) is 0 Å². The van der Waals surface area contributed by atoms with E-state index in [0.29, 0.717) is 43.3 Å². The van der Waals surface area contributed by atoms with Gasteiger partial charge >= 0.3 is 0 Å². The minimum Gasteiger partial charge on any atom is -0.378 e. The van der Waals surface area contributed by atoms with Crippen LogP contribution in [0.3, 0.4) is 0 Å². The normalized spacial score (nSPS) is 18.0. The van der Waals surface area contributed by atoms with Crippen LogP contribution in [0.15, 0.2) is 60.3 Å². The van der Waals surface area contributed by atoms with Crippen LogP contribution >= 0.6 is 0 Å². The van der Waals surface area contributed by atoms with Crippen LogP contribution in [0, 0.1) is 6.92 Å². The minimum atomic E-state index is -0.272. The van der Waals surface area contributed by atoms with Gasteiger partial charge in [-0.3, -0.25) is 9.59 Å². The Hall–Kier alpha value is -2.92. The van der Waals surface area contributed by atoms with Gasteiger partial charge in [0.2, 0.25) is 0 Å². The SMILES string of the molecule is Cc1ccc(C2=C(N3CCOCC3)C(=O)N(c3ccccc3)C2=O)cc1. The van der Waals surface area contributed by atoms with Crippen molar-refractivity contribution in [2.24, 2.45) is 0 Å². The van der Waals surface area contributed by atoms with Crippen LogP contribution in [0.25, 0.3) is 5.57 Å². The number of hydrogen-bond donors (Lipinski definition) is 0. The zero-order chi connectivity index (χ0) is 18.1. The van der Waals surface area contributed by atoms with Crippen molar-refractivity contribution in [2.45, 2.75) is 6.92 Å². The van der Waals surface area contributed by atoms with E-state index in [1.807, 2.05) is 54.3 Å². The fraction of sp³-hybridized carbons (Fsp3) is 0.238. The van der Waals surface area contributed by atoms with Gasteiger partial charge in [-0.25, -0.2) is 4.90 Å². The highest BCUT2D eigenvalue weighted by Crippen LogP contribution is 2.35. The first-order chi connectivity index (χ1) is 12.7. The van der Waals surface area contributed by atoms with Crippen LogP contribution in [-0.2, 0) is 14.3 Å². The number of aryl methyl sites for hydroxylation is 1. The van der Waals surface area contributed by atoms with E-state index in [9.17, 15) is 9.59 Å². The Balaban J connectivity index is 1.83. The maximum Gasteiger partial charge on any atom is 0.282 e. The Morgan fingerprint density at radius 2 is 1.50 bits per heavy atom. The molecule has 0 unspecified atom stereocenters. The Labute approximate surface area is 152 Å². The van der Waals surface area contributed by atoms with Crippen molar-refractivity contribution in [3.63, 3.8) is 0 Å². The molecule has 2 aromatic rings. The quantitative estimate of drug-likeness (QED) is 0.800. The van der Waals surface area contributed by atoms with Gasteiger partial charge in [-0.1, -0.05) is 48.0 Å². The molecule has 5 nitrogen and oxygen atoms in total. The van der Waals surface area contributed by atoms with E-state index >= 15 is 0 Å². The number of rotatable bonds is 3. The number of carbonyl (C=O) groups is 2. The van der Waals surface area contributed by atoms with E-state index in [4.69, 9.17) is 4.74 Å². The van der Waals surface area contributed by atoms with Gasteiger partial charge in [-0.05, 0) is 24.6 Å². The topological polar surface area (TPSA) is 49.9 Å². The van der Waals surface area contributed by atoms with Gasteiger partial charge in [-0.2, -0.15) is 0 Å². The van der Waals surface area contributed by atoms with Gasteiger partial charge in [0.25, 0.3) is 11.8 Å². The average Bonchev–Trinajstić information content (AvgIpc) is 2.94. The van der Waals surface area contributed by atoms with E-state index in [1.54, 1.807) is 12.1 Å². The molecule has 2 aliphatic rings. The fourth-order valence-electron chi connectivity index (χ4n) is 3.39. The molecule has 2 aliphatic heterocycles. The number of amides is 2. The smallest absolute Gasteiger partial charge is 0.282 e. The van der Waals surface area contributed by atoms with E-state index < -0.39 is 0 Å². The number of ether oxygens (including phenoxy) is 1. The Morgan fingerprint density at radius 1 is 0.846 bits per heavy atom. The second-order valence-electron chi connectivity index (χ2n) is 6.47. The summed E-state index contributed by atoms with van der Waals surface area (Å²) in [7, 11) is 0. The van der Waals surface area contributed by atoms with Gasteiger partial charge in [-0.15, -0.1) is 0 Å². The standard InChI is InChI=1S/C21H20N2O3/c1-15-7-9-16(10-8-15)18-19(22-11-13-26-14-12-22)21(25)23(20(18)24)17-5-3-2-4-6-17/h2-10H,11-14H2,1H3. The average molecular weight is 348 g/mol. The first kappa shape index (κ1) is 16.5. The van der Waals surface area contributed by atoms with Gasteiger partial charge in [0.1, 0.15) is 5.70 Å². The number of hydrogen-bond acceptors (Lipinski definition) is 4. The molecule has 2 heterocycles. The van der Waals surface area contributed by atoms with Crippen LogP contribution in [0.5, 0.6) is 0 Å². The summed E-state index contributed by atoms with van der Waals surface area (Å²) in [6.07, 6.45) is 0. The number of para-hydroxylation sites is 1. The van der Waals surface area contributed by atoms with Gasteiger partial charge < -0.3 is 9.64 Å². The van der Waals surface area contributed by atoms with Crippen molar-refractivity contribution >= 4 is 23.1 Å². The molecule has 0 radical (unpaired) electrons. The molecule has 1 saturated heterocycles. The number of nitrogens with zero attached hydrogens (tertiary/aromatic N) is 2. The van der Waals surface area contributed by atoms with Crippen LogP contribution < -0.4 is 4.90 Å². The second-order valence-corrected chi connectivity index (χ2v) is 6.47. The van der Waals surface area contributed by atoms with E-state index in [2.05, 4.69) is 0 Å². The first-order valence-corrected chi connectivity index (χ1v) is 8.74. The summed E-state index contributed by atoms with van der Waals surface area (Å²) in [5.74, 6) is -0.537. The molecule has 0 saturated carbocycles. The zero-order valence-corrected chi connectivity index (χ0v) is 14.6. The summed E-state index contributed by atoms with van der Waals surface area (Å²) in [5, 5.41) is 0. The van der Waals surface area contributed by atoms with E-state index in [0.717, 1.165) is 11.1 Å². The number of carbonyl (C=O) groups excluding carboxylic acids is 2. The number of morpholine rings is 1. The summed E-state index contributed by atoms with van der Waals surface area (Å²) >= 11 is 0. The third kappa shape index (κ3) is 2.80. The Morgan fingerprint density at radius 3 is 2.15 bits per heavy atom. The molecule has 1 fully saturated rings. The Bertz CT molecular complexity index is 866. The first-order valence-electron chi connectivity index (χ1n) is 8.74. The number of imide groups is 1. The summed E-state index contributed by atoms with van der Waals surface area (Å²) in [6, 6.07) is 16.8. The monoisotopic (exact) mass is 348 g/mol. The van der Waals surface area contributed by atoms with Crippen molar-refractivity contribution in [3.8, 4) is 0 Å². The molecule has 0 bridgehead atoms. The van der Waals surface area contributed by atoms with Gasteiger partial charge in [0, 0.05) is 13.1 Å². The summed E-state index contributed by atoms with van der Waals surface area (Å²) in [6.45, 7) is 4.31. The lowest BCUT2D eigenvalue weighted by Crippen LogP contribution is -2.40. The number of benzene rings is 2. The van der Waals surface area contributed by atoms with Crippen molar-refractivity contribution in [2.75, 3.05) is 31.2 Å². The molecular formula is C21H20N2O3. The van der Waals surface area contributed by atoms with Crippen molar-refractivity contribution < 1.29 is 14.3 Å². The predicted molar refractivity (Wildman–Crippen MR) is 99.4 cm³/mol. The summed E-state index contributed by atoms with van der Waals surface area (Å²) in [4.78, 5) is 29.7. The molecule has 0 aromatic heterocycles. The van der Waals surface area contributed by atoms with Crippen LogP contribution in [0.1, 0.15) is 11.1 Å². The predicted octanol–water partition coefficient (Wildman–Crippen LogP) is 2.61. The molecule has 2 amide bonds. The third-order valence-corrected chi connectivity index (χ3v) is 4.74. The maximum absolute atomic E-state index is 13.2. The van der Waals surface area contributed by atoms with Crippen molar-refractivity contribution in [1.29, 1.82) is 0 Å². The van der Waals surface area contributed by atoms with Crippen LogP contribution in [-0.4, -0.2) is 43.0 Å².